The summed E-state index contributed by atoms with van der Waals surface area (Å²) in [6.07, 6.45) is 6.94. The second-order valence-corrected chi connectivity index (χ2v) is 11.2. The zero-order chi connectivity index (χ0) is 21.1. The number of oxime groups is 1. The molecule has 0 spiro atoms. The molecule has 1 heterocycles. The summed E-state index contributed by atoms with van der Waals surface area (Å²) < 4.78 is 0. The van der Waals surface area contributed by atoms with E-state index in [-0.39, 0.29) is 47.2 Å². The highest BCUT2D eigenvalue weighted by molar-refractivity contribution is 5.87. The Balaban J connectivity index is 1.41. The molecule has 0 aromatic rings. The average Bonchev–Trinajstić information content (AvgIpc) is 3.36. The summed E-state index contributed by atoms with van der Waals surface area (Å²) in [5.74, 6) is 1.28. The Kier molecular flexibility index (Phi) is 5.27. The summed E-state index contributed by atoms with van der Waals surface area (Å²) >= 11 is 0. The lowest BCUT2D eigenvalue weighted by atomic mass is 9.42. The van der Waals surface area contributed by atoms with E-state index in [1.54, 1.807) is 0 Å². The first kappa shape index (κ1) is 20.9. The van der Waals surface area contributed by atoms with Crippen LogP contribution in [-0.4, -0.2) is 53.6 Å². The Hall–Kier alpha value is -0.980. The maximum atomic E-state index is 12.7. The van der Waals surface area contributed by atoms with Gasteiger partial charge < -0.3 is 20.4 Å². The number of hydrogen-bond acceptors (Lipinski definition) is 6. The smallest absolute Gasteiger partial charge is 0.141 e. The number of carbonyl (C=O) groups is 1. The Morgan fingerprint density at radius 2 is 1.97 bits per heavy atom. The lowest BCUT2D eigenvalue weighted by Gasteiger charge is -2.63. The van der Waals surface area contributed by atoms with Crippen molar-refractivity contribution in [1.82, 2.24) is 5.32 Å². The van der Waals surface area contributed by atoms with Crippen LogP contribution in [0.5, 0.6) is 0 Å². The van der Waals surface area contributed by atoms with Crippen molar-refractivity contribution >= 4 is 11.5 Å². The molecule has 5 rings (SSSR count). The van der Waals surface area contributed by atoms with E-state index >= 15 is 0 Å². The topological polar surface area (TPSA) is 91.2 Å². The van der Waals surface area contributed by atoms with Crippen molar-refractivity contribution < 1.29 is 19.8 Å². The van der Waals surface area contributed by atoms with Crippen LogP contribution in [0.3, 0.4) is 0 Å². The van der Waals surface area contributed by atoms with E-state index in [1.807, 2.05) is 0 Å². The molecule has 0 bridgehead atoms. The third kappa shape index (κ3) is 3.01. The number of ketones is 1. The van der Waals surface area contributed by atoms with Gasteiger partial charge >= 0.3 is 0 Å². The van der Waals surface area contributed by atoms with Crippen LogP contribution >= 0.6 is 0 Å². The molecule has 0 aromatic carbocycles. The van der Waals surface area contributed by atoms with Crippen LogP contribution in [0.1, 0.15) is 65.2 Å². The van der Waals surface area contributed by atoms with Crippen LogP contribution in [0, 0.1) is 40.4 Å². The summed E-state index contributed by atoms with van der Waals surface area (Å²) in [6.45, 7) is 6.38. The van der Waals surface area contributed by atoms with Crippen molar-refractivity contribution in [3.05, 3.63) is 0 Å². The predicted molar refractivity (Wildman–Crippen MR) is 114 cm³/mol. The number of nitrogens with zero attached hydrogens (tertiary/aromatic N) is 1. The van der Waals surface area contributed by atoms with Gasteiger partial charge in [-0.3, -0.25) is 4.79 Å². The standard InChI is InChI=1S/C24H38N2O4/c1-23-8-5-14(26-30-15-7-10-25-12-15)11-19(23)16(13-27)22(29)21-17-3-4-20(28)24(17,2)9-6-18(21)23/h15-19,21-22,25,27,29H,3-13H2,1-2H3/t15-,16-,17+,18+,19?,21-,22-,23-,24+/m1/s1. The van der Waals surface area contributed by atoms with E-state index < -0.39 is 6.10 Å². The molecule has 1 aliphatic heterocycles. The van der Waals surface area contributed by atoms with E-state index in [9.17, 15) is 15.0 Å². The van der Waals surface area contributed by atoms with Gasteiger partial charge in [0.2, 0.25) is 0 Å². The van der Waals surface area contributed by atoms with E-state index in [1.165, 1.54) is 0 Å². The van der Waals surface area contributed by atoms with E-state index in [2.05, 4.69) is 24.3 Å². The van der Waals surface area contributed by atoms with E-state index in [0.717, 1.165) is 63.7 Å². The minimum Gasteiger partial charge on any atom is -0.396 e. The van der Waals surface area contributed by atoms with Crippen LogP contribution < -0.4 is 5.32 Å². The number of carbonyl (C=O) groups excluding carboxylic acids is 1. The first-order valence-electron chi connectivity index (χ1n) is 12.1. The van der Waals surface area contributed by atoms with Gasteiger partial charge in [-0.25, -0.2) is 0 Å². The fourth-order valence-corrected chi connectivity index (χ4v) is 8.21. The fourth-order valence-electron chi connectivity index (χ4n) is 8.21. The summed E-state index contributed by atoms with van der Waals surface area (Å²) in [4.78, 5) is 18.5. The molecule has 5 aliphatic rings. The molecule has 168 valence electrons. The van der Waals surface area contributed by atoms with Crippen LogP contribution in [0.4, 0.5) is 0 Å². The van der Waals surface area contributed by atoms with Gasteiger partial charge in [-0.15, -0.1) is 0 Å². The average molecular weight is 419 g/mol. The molecule has 9 atom stereocenters. The minimum atomic E-state index is -0.534. The van der Waals surface area contributed by atoms with Gasteiger partial charge in [0.15, 0.2) is 0 Å². The Labute approximate surface area is 179 Å². The number of rotatable bonds is 3. The van der Waals surface area contributed by atoms with Gasteiger partial charge in [-0.1, -0.05) is 19.0 Å². The first-order valence-corrected chi connectivity index (χ1v) is 12.1. The number of Topliss-reactive ketones (excluding diaryl/α,β-unsaturated/α-hetero) is 1. The molecule has 30 heavy (non-hydrogen) atoms. The molecule has 5 fully saturated rings. The summed E-state index contributed by atoms with van der Waals surface area (Å²) in [6, 6.07) is 0. The second-order valence-electron chi connectivity index (χ2n) is 11.2. The zero-order valence-corrected chi connectivity index (χ0v) is 18.5. The quantitative estimate of drug-likeness (QED) is 0.613. The Morgan fingerprint density at radius 3 is 2.70 bits per heavy atom. The van der Waals surface area contributed by atoms with Crippen molar-refractivity contribution in [1.29, 1.82) is 0 Å². The van der Waals surface area contributed by atoms with E-state index in [4.69, 9.17) is 4.84 Å². The molecule has 0 aromatic heterocycles. The summed E-state index contributed by atoms with van der Waals surface area (Å²) in [5, 5.41) is 29.7. The van der Waals surface area contributed by atoms with Gasteiger partial charge in [0.05, 0.1) is 11.8 Å². The maximum Gasteiger partial charge on any atom is 0.141 e. The molecule has 6 heteroatoms. The molecule has 4 aliphatic carbocycles. The predicted octanol–water partition coefficient (Wildman–Crippen LogP) is 2.52. The summed E-state index contributed by atoms with van der Waals surface area (Å²) in [5.41, 5.74) is 0.902. The zero-order valence-electron chi connectivity index (χ0n) is 18.5. The molecule has 4 saturated carbocycles. The minimum absolute atomic E-state index is 0.00268. The molecule has 3 N–H and O–H groups in total. The molecular weight excluding hydrogens is 380 g/mol. The van der Waals surface area contributed by atoms with Crippen molar-refractivity contribution in [2.75, 3.05) is 19.7 Å². The molecule has 0 amide bonds. The maximum absolute atomic E-state index is 12.7. The molecule has 1 saturated heterocycles. The van der Waals surface area contributed by atoms with E-state index in [0.29, 0.717) is 18.1 Å². The van der Waals surface area contributed by atoms with Crippen molar-refractivity contribution in [3.8, 4) is 0 Å². The van der Waals surface area contributed by atoms with Crippen LogP contribution in [-0.2, 0) is 9.63 Å². The van der Waals surface area contributed by atoms with Crippen LogP contribution in [0.15, 0.2) is 5.16 Å². The number of fused-ring (bicyclic) bond motifs is 5. The molecular formula is C24H38N2O4. The van der Waals surface area contributed by atoms with Gasteiger partial charge in [0.1, 0.15) is 11.9 Å². The molecule has 0 radical (unpaired) electrons. The monoisotopic (exact) mass is 418 g/mol. The largest absolute Gasteiger partial charge is 0.396 e. The number of aliphatic hydroxyl groups excluding tert-OH is 2. The van der Waals surface area contributed by atoms with Gasteiger partial charge in [0, 0.05) is 37.3 Å². The van der Waals surface area contributed by atoms with Crippen LogP contribution in [0.2, 0.25) is 0 Å². The molecule has 1 unspecified atom stereocenters. The van der Waals surface area contributed by atoms with Gasteiger partial charge in [-0.05, 0) is 74.2 Å². The fraction of sp³-hybridized carbons (Fsp3) is 0.917. The lowest BCUT2D eigenvalue weighted by Crippen LogP contribution is -2.62. The highest BCUT2D eigenvalue weighted by atomic mass is 16.6. The van der Waals surface area contributed by atoms with Gasteiger partial charge in [0.25, 0.3) is 0 Å². The highest BCUT2D eigenvalue weighted by Gasteiger charge is 2.64. The third-order valence-corrected chi connectivity index (χ3v) is 10.1. The van der Waals surface area contributed by atoms with Crippen molar-refractivity contribution in [2.24, 2.45) is 45.6 Å². The van der Waals surface area contributed by atoms with Crippen molar-refractivity contribution in [3.63, 3.8) is 0 Å². The second kappa shape index (κ2) is 7.56. The number of nitrogens with one attached hydrogen (secondary N) is 1. The number of hydrogen-bond donors (Lipinski definition) is 3. The lowest BCUT2D eigenvalue weighted by molar-refractivity contribution is -0.188. The van der Waals surface area contributed by atoms with Crippen molar-refractivity contribution in [2.45, 2.75) is 77.4 Å². The summed E-state index contributed by atoms with van der Waals surface area (Å²) in [7, 11) is 0. The first-order chi connectivity index (χ1) is 14.4. The van der Waals surface area contributed by atoms with Crippen LogP contribution in [0.25, 0.3) is 0 Å². The molecule has 6 nitrogen and oxygen atoms in total. The highest BCUT2D eigenvalue weighted by Crippen LogP contribution is 2.66. The third-order valence-electron chi connectivity index (χ3n) is 10.1. The Bertz CT molecular complexity index is 720. The SMILES string of the molecule is C[C@]12CCC(=NO[C@@H]3CCNC3)CC1[C@@H](CO)[C@@H](O)[C@H]1[C@@H]2CC[C@]2(C)C(=O)CC[C@@H]12. The Morgan fingerprint density at radius 1 is 1.13 bits per heavy atom. The number of aliphatic hydroxyl groups is 2. The van der Waals surface area contributed by atoms with Gasteiger partial charge in [-0.2, -0.15) is 0 Å². The normalized spacial score (nSPS) is 52.1.